The number of hydrogen-bond acceptors (Lipinski definition) is 3. The molecule has 0 atom stereocenters. The number of nitrogens with one attached hydrogen (secondary N) is 1. The zero-order valence-corrected chi connectivity index (χ0v) is 13.0. The van der Waals surface area contributed by atoms with Crippen LogP contribution in [0.25, 0.3) is 0 Å². The highest BCUT2D eigenvalue weighted by molar-refractivity contribution is 5.77. The van der Waals surface area contributed by atoms with Crippen LogP contribution >= 0.6 is 0 Å². The Labute approximate surface area is 125 Å². The Morgan fingerprint density at radius 1 is 1.38 bits per heavy atom. The van der Waals surface area contributed by atoms with Gasteiger partial charge in [0.1, 0.15) is 5.82 Å². The van der Waals surface area contributed by atoms with E-state index in [0.29, 0.717) is 18.2 Å². The van der Waals surface area contributed by atoms with E-state index < -0.39 is 0 Å². The van der Waals surface area contributed by atoms with Crippen LogP contribution in [0.1, 0.15) is 18.4 Å². The molecule has 0 aliphatic carbocycles. The summed E-state index contributed by atoms with van der Waals surface area (Å²) in [6, 6.07) is 5.47. The van der Waals surface area contributed by atoms with Crippen LogP contribution in [0.3, 0.4) is 0 Å². The van der Waals surface area contributed by atoms with E-state index in [4.69, 9.17) is 0 Å². The number of anilines is 1. The number of likely N-dealkylation sites (N-methyl/N-ethyl adjacent to an activating group) is 1. The van der Waals surface area contributed by atoms with Crippen molar-refractivity contribution in [3.63, 3.8) is 0 Å². The third-order valence-electron chi connectivity index (χ3n) is 4.07. The summed E-state index contributed by atoms with van der Waals surface area (Å²) in [7, 11) is 3.56. The van der Waals surface area contributed by atoms with Crippen LogP contribution < -0.4 is 5.32 Å². The second kappa shape index (κ2) is 6.89. The summed E-state index contributed by atoms with van der Waals surface area (Å²) in [6.45, 7) is 4.07. The smallest absolute Gasteiger partial charge is 0.236 e. The SMILES string of the molecule is Cc1c(F)cccc1NC1CCN(CC(=O)N(C)C)CC1. The summed E-state index contributed by atoms with van der Waals surface area (Å²) in [6.07, 6.45) is 1.94. The molecular weight excluding hydrogens is 269 g/mol. The second-order valence-electron chi connectivity index (χ2n) is 5.90. The van der Waals surface area contributed by atoms with Gasteiger partial charge in [-0.25, -0.2) is 4.39 Å². The van der Waals surface area contributed by atoms with Crippen molar-refractivity contribution in [1.29, 1.82) is 0 Å². The lowest BCUT2D eigenvalue weighted by atomic mass is 10.0. The lowest BCUT2D eigenvalue weighted by Crippen LogP contribution is -2.44. The monoisotopic (exact) mass is 293 g/mol. The molecule has 116 valence electrons. The maximum atomic E-state index is 13.5. The van der Waals surface area contributed by atoms with Gasteiger partial charge in [-0.2, -0.15) is 0 Å². The minimum absolute atomic E-state index is 0.141. The predicted molar refractivity (Wildman–Crippen MR) is 82.9 cm³/mol. The standard InChI is InChI=1S/C16H24FN3O/c1-12-14(17)5-4-6-15(12)18-13-7-9-20(10-8-13)11-16(21)19(2)3/h4-6,13,18H,7-11H2,1-3H3. The molecule has 1 saturated heterocycles. The number of nitrogens with zero attached hydrogens (tertiary/aromatic N) is 2. The first-order valence-electron chi connectivity index (χ1n) is 7.41. The molecule has 1 aliphatic heterocycles. The van der Waals surface area contributed by atoms with Gasteiger partial charge < -0.3 is 10.2 Å². The van der Waals surface area contributed by atoms with Crippen LogP contribution in [0.2, 0.25) is 0 Å². The van der Waals surface area contributed by atoms with Crippen molar-refractivity contribution >= 4 is 11.6 Å². The van der Waals surface area contributed by atoms with E-state index in [1.54, 1.807) is 32.0 Å². The maximum Gasteiger partial charge on any atom is 0.236 e. The summed E-state index contributed by atoms with van der Waals surface area (Å²) >= 11 is 0. The van der Waals surface area contributed by atoms with E-state index in [2.05, 4.69) is 10.2 Å². The van der Waals surface area contributed by atoms with Crippen LogP contribution in [-0.4, -0.2) is 55.5 Å². The van der Waals surface area contributed by atoms with Crippen LogP contribution in [0.15, 0.2) is 18.2 Å². The second-order valence-corrected chi connectivity index (χ2v) is 5.90. The van der Waals surface area contributed by atoms with Crippen molar-refractivity contribution in [3.05, 3.63) is 29.6 Å². The molecule has 0 aromatic heterocycles. The van der Waals surface area contributed by atoms with Gasteiger partial charge >= 0.3 is 0 Å². The molecule has 1 aromatic carbocycles. The van der Waals surface area contributed by atoms with Crippen molar-refractivity contribution < 1.29 is 9.18 Å². The van der Waals surface area contributed by atoms with Crippen molar-refractivity contribution in [1.82, 2.24) is 9.80 Å². The van der Waals surface area contributed by atoms with Crippen molar-refractivity contribution in [2.75, 3.05) is 39.0 Å². The number of hydrogen-bond donors (Lipinski definition) is 1. The molecule has 0 radical (unpaired) electrons. The zero-order chi connectivity index (χ0) is 15.4. The number of halogens is 1. The number of rotatable bonds is 4. The molecule has 1 amide bonds. The minimum atomic E-state index is -0.172. The van der Waals surface area contributed by atoms with Gasteiger partial charge in [0, 0.05) is 44.5 Å². The summed E-state index contributed by atoms with van der Waals surface area (Å²) in [4.78, 5) is 15.5. The van der Waals surface area contributed by atoms with Crippen LogP contribution in [0, 0.1) is 12.7 Å². The van der Waals surface area contributed by atoms with Gasteiger partial charge in [-0.3, -0.25) is 9.69 Å². The normalized spacial score (nSPS) is 16.8. The quantitative estimate of drug-likeness (QED) is 0.923. The molecule has 5 heteroatoms. The fourth-order valence-electron chi connectivity index (χ4n) is 2.55. The Balaban J connectivity index is 1.84. The molecular formula is C16H24FN3O. The molecule has 4 nitrogen and oxygen atoms in total. The molecule has 1 fully saturated rings. The van der Waals surface area contributed by atoms with Crippen molar-refractivity contribution in [3.8, 4) is 0 Å². The number of likely N-dealkylation sites (tertiary alicyclic amines) is 1. The average Bonchev–Trinajstić information content (AvgIpc) is 2.46. The summed E-state index contributed by atoms with van der Waals surface area (Å²) in [5, 5.41) is 3.42. The topological polar surface area (TPSA) is 35.6 Å². The largest absolute Gasteiger partial charge is 0.382 e. The minimum Gasteiger partial charge on any atom is -0.382 e. The molecule has 1 heterocycles. The molecule has 0 saturated carbocycles. The molecule has 0 bridgehead atoms. The fraction of sp³-hybridized carbons (Fsp3) is 0.562. The van der Waals surface area contributed by atoms with Crippen molar-refractivity contribution in [2.24, 2.45) is 0 Å². The van der Waals surface area contributed by atoms with Gasteiger partial charge in [-0.15, -0.1) is 0 Å². The highest BCUT2D eigenvalue weighted by Crippen LogP contribution is 2.21. The number of amides is 1. The first kappa shape index (κ1) is 15.8. The van der Waals surface area contributed by atoms with Crippen LogP contribution in [0.5, 0.6) is 0 Å². The van der Waals surface area contributed by atoms with E-state index in [0.717, 1.165) is 31.6 Å². The van der Waals surface area contributed by atoms with Gasteiger partial charge in [0.25, 0.3) is 0 Å². The van der Waals surface area contributed by atoms with Crippen LogP contribution in [-0.2, 0) is 4.79 Å². The van der Waals surface area contributed by atoms with E-state index >= 15 is 0 Å². The number of carbonyl (C=O) groups is 1. The Kier molecular flexibility index (Phi) is 5.17. The van der Waals surface area contributed by atoms with E-state index in [1.807, 2.05) is 6.07 Å². The summed E-state index contributed by atoms with van der Waals surface area (Å²) in [5.74, 6) is -0.0311. The first-order chi connectivity index (χ1) is 9.97. The molecule has 1 aliphatic rings. The summed E-state index contributed by atoms with van der Waals surface area (Å²) in [5.41, 5.74) is 1.54. The third kappa shape index (κ3) is 4.17. The van der Waals surface area contributed by atoms with Gasteiger partial charge in [0.2, 0.25) is 5.91 Å². The van der Waals surface area contributed by atoms with E-state index in [1.165, 1.54) is 6.07 Å². The zero-order valence-electron chi connectivity index (χ0n) is 13.0. The lowest BCUT2D eigenvalue weighted by Gasteiger charge is -2.33. The predicted octanol–water partition coefficient (Wildman–Crippen LogP) is 2.10. The van der Waals surface area contributed by atoms with E-state index in [9.17, 15) is 9.18 Å². The Bertz CT molecular complexity index is 496. The number of piperidine rings is 1. The molecule has 1 N–H and O–H groups in total. The molecule has 0 spiro atoms. The number of benzene rings is 1. The summed E-state index contributed by atoms with van der Waals surface area (Å²) < 4.78 is 13.5. The molecule has 0 unspecified atom stereocenters. The molecule has 1 aromatic rings. The number of carbonyl (C=O) groups excluding carboxylic acids is 1. The molecule has 2 rings (SSSR count). The fourth-order valence-corrected chi connectivity index (χ4v) is 2.55. The average molecular weight is 293 g/mol. The maximum absolute atomic E-state index is 13.5. The Morgan fingerprint density at radius 2 is 2.05 bits per heavy atom. The first-order valence-corrected chi connectivity index (χ1v) is 7.41. The van der Waals surface area contributed by atoms with Crippen molar-refractivity contribution in [2.45, 2.75) is 25.8 Å². The van der Waals surface area contributed by atoms with Gasteiger partial charge in [-0.05, 0) is 31.9 Å². The highest BCUT2D eigenvalue weighted by Gasteiger charge is 2.21. The molecule has 21 heavy (non-hydrogen) atoms. The van der Waals surface area contributed by atoms with E-state index in [-0.39, 0.29) is 11.7 Å². The lowest BCUT2D eigenvalue weighted by molar-refractivity contribution is -0.130. The van der Waals surface area contributed by atoms with Gasteiger partial charge in [0.05, 0.1) is 6.54 Å². The third-order valence-corrected chi connectivity index (χ3v) is 4.07. The van der Waals surface area contributed by atoms with Crippen LogP contribution in [0.4, 0.5) is 10.1 Å². The Morgan fingerprint density at radius 3 is 2.67 bits per heavy atom. The highest BCUT2D eigenvalue weighted by atomic mass is 19.1. The Hall–Kier alpha value is -1.62. The van der Waals surface area contributed by atoms with Gasteiger partial charge in [-0.1, -0.05) is 6.07 Å². The van der Waals surface area contributed by atoms with Gasteiger partial charge in [0.15, 0.2) is 0 Å².